The van der Waals surface area contributed by atoms with E-state index in [9.17, 15) is 5.11 Å². The molecule has 0 aliphatic heterocycles. The molecule has 2 heteroatoms. The lowest BCUT2D eigenvalue weighted by Gasteiger charge is -2.25. The molecule has 16 heavy (non-hydrogen) atoms. The van der Waals surface area contributed by atoms with Gasteiger partial charge in [0.15, 0.2) is 0 Å². The summed E-state index contributed by atoms with van der Waals surface area (Å²) in [6.45, 7) is 10.1. The number of hydrogen-bond acceptors (Lipinski definition) is 2. The molecular weight excluding hydrogens is 198 g/mol. The Labute approximate surface area is 102 Å². The van der Waals surface area contributed by atoms with Crippen LogP contribution in [0.3, 0.4) is 0 Å². The first-order valence-corrected chi connectivity index (χ1v) is 6.53. The van der Waals surface area contributed by atoms with E-state index >= 15 is 0 Å². The van der Waals surface area contributed by atoms with Crippen molar-refractivity contribution in [1.29, 1.82) is 0 Å². The summed E-state index contributed by atoms with van der Waals surface area (Å²) in [6.07, 6.45) is 4.06. The Kier molecular flexibility index (Phi) is 7.25. The zero-order valence-electron chi connectivity index (χ0n) is 12.1. The van der Waals surface area contributed by atoms with Crippen LogP contribution in [0.4, 0.5) is 0 Å². The molecule has 0 amide bonds. The van der Waals surface area contributed by atoms with Crippen molar-refractivity contribution in [2.75, 3.05) is 20.6 Å². The summed E-state index contributed by atoms with van der Waals surface area (Å²) in [5.74, 6) is 0.620. The van der Waals surface area contributed by atoms with Crippen LogP contribution in [0.2, 0.25) is 0 Å². The van der Waals surface area contributed by atoms with Crippen molar-refractivity contribution in [3.05, 3.63) is 0 Å². The second-order valence-corrected chi connectivity index (χ2v) is 6.70. The van der Waals surface area contributed by atoms with E-state index in [4.69, 9.17) is 0 Å². The summed E-state index contributed by atoms with van der Waals surface area (Å²) < 4.78 is 0. The molecule has 0 aliphatic carbocycles. The molecule has 0 saturated carbocycles. The Morgan fingerprint density at radius 2 is 1.75 bits per heavy atom. The minimum atomic E-state index is -0.114. The largest absolute Gasteiger partial charge is 0.393 e. The lowest BCUT2D eigenvalue weighted by Crippen LogP contribution is -2.19. The molecule has 2 atom stereocenters. The molecule has 0 aliphatic rings. The van der Waals surface area contributed by atoms with E-state index in [-0.39, 0.29) is 6.10 Å². The van der Waals surface area contributed by atoms with E-state index in [0.29, 0.717) is 11.3 Å². The molecule has 2 nitrogen and oxygen atoms in total. The summed E-state index contributed by atoms with van der Waals surface area (Å²) in [4.78, 5) is 2.17. The molecule has 0 aromatic carbocycles. The van der Waals surface area contributed by atoms with Gasteiger partial charge in [-0.15, -0.1) is 0 Å². The number of rotatable bonds is 7. The molecule has 0 spiro atoms. The third-order valence-corrected chi connectivity index (χ3v) is 2.78. The SMILES string of the molecule is C[C@@H](C[C@H](O)CCCN(C)C)CC(C)(C)C. The summed E-state index contributed by atoms with van der Waals surface area (Å²) in [7, 11) is 4.16. The Balaban J connectivity index is 3.66. The molecule has 0 saturated heterocycles. The number of aliphatic hydroxyl groups is 1. The fraction of sp³-hybridized carbons (Fsp3) is 1.00. The minimum absolute atomic E-state index is 0.114. The van der Waals surface area contributed by atoms with Crippen molar-refractivity contribution in [1.82, 2.24) is 4.90 Å². The van der Waals surface area contributed by atoms with Crippen LogP contribution in [0.15, 0.2) is 0 Å². The first-order valence-electron chi connectivity index (χ1n) is 6.53. The lowest BCUT2D eigenvalue weighted by molar-refractivity contribution is 0.120. The van der Waals surface area contributed by atoms with Gasteiger partial charge >= 0.3 is 0 Å². The third kappa shape index (κ3) is 10.4. The molecule has 0 unspecified atom stereocenters. The van der Waals surface area contributed by atoms with Gasteiger partial charge in [-0.1, -0.05) is 27.7 Å². The first-order chi connectivity index (χ1) is 7.20. The van der Waals surface area contributed by atoms with E-state index in [1.807, 2.05) is 0 Å². The monoisotopic (exact) mass is 229 g/mol. The highest BCUT2D eigenvalue weighted by atomic mass is 16.3. The van der Waals surface area contributed by atoms with Crippen LogP contribution in [-0.2, 0) is 0 Å². The number of hydrogen-bond donors (Lipinski definition) is 1. The molecule has 0 fully saturated rings. The van der Waals surface area contributed by atoms with Crippen LogP contribution < -0.4 is 0 Å². The molecular formula is C14H31NO. The van der Waals surface area contributed by atoms with Crippen molar-refractivity contribution in [2.45, 2.75) is 59.5 Å². The van der Waals surface area contributed by atoms with Crippen LogP contribution in [0.5, 0.6) is 0 Å². The first kappa shape index (κ1) is 15.9. The molecule has 1 N–H and O–H groups in total. The van der Waals surface area contributed by atoms with Gasteiger partial charge in [0.25, 0.3) is 0 Å². The van der Waals surface area contributed by atoms with Crippen LogP contribution in [0.25, 0.3) is 0 Å². The standard InChI is InChI=1S/C14H31NO/c1-12(11-14(2,3)4)10-13(16)8-7-9-15(5)6/h12-13,16H,7-11H2,1-6H3/t12-,13+/m0/s1. The summed E-state index contributed by atoms with van der Waals surface area (Å²) in [5, 5.41) is 9.91. The van der Waals surface area contributed by atoms with Crippen molar-refractivity contribution >= 4 is 0 Å². The Morgan fingerprint density at radius 1 is 1.19 bits per heavy atom. The van der Waals surface area contributed by atoms with Gasteiger partial charge in [0, 0.05) is 0 Å². The van der Waals surface area contributed by atoms with Gasteiger partial charge in [-0.3, -0.25) is 0 Å². The van der Waals surface area contributed by atoms with Gasteiger partial charge in [-0.05, 0) is 57.7 Å². The van der Waals surface area contributed by atoms with Crippen LogP contribution in [0.1, 0.15) is 53.4 Å². The van der Waals surface area contributed by atoms with E-state index in [0.717, 1.165) is 25.8 Å². The predicted molar refractivity (Wildman–Crippen MR) is 71.6 cm³/mol. The van der Waals surface area contributed by atoms with Gasteiger partial charge in [-0.25, -0.2) is 0 Å². The molecule has 0 heterocycles. The molecule has 98 valence electrons. The van der Waals surface area contributed by atoms with Crippen LogP contribution in [-0.4, -0.2) is 36.8 Å². The summed E-state index contributed by atoms with van der Waals surface area (Å²) >= 11 is 0. The van der Waals surface area contributed by atoms with E-state index < -0.39 is 0 Å². The highest BCUT2D eigenvalue weighted by molar-refractivity contribution is 4.69. The topological polar surface area (TPSA) is 23.5 Å². The van der Waals surface area contributed by atoms with E-state index in [2.05, 4.69) is 46.7 Å². The third-order valence-electron chi connectivity index (χ3n) is 2.78. The molecule has 0 rings (SSSR count). The quantitative estimate of drug-likeness (QED) is 0.725. The fourth-order valence-corrected chi connectivity index (χ4v) is 2.35. The highest BCUT2D eigenvalue weighted by Crippen LogP contribution is 2.27. The normalized spacial score (nSPS) is 16.5. The van der Waals surface area contributed by atoms with Gasteiger partial charge in [0.1, 0.15) is 0 Å². The van der Waals surface area contributed by atoms with Gasteiger partial charge in [0.2, 0.25) is 0 Å². The van der Waals surface area contributed by atoms with Gasteiger partial charge < -0.3 is 10.0 Å². The minimum Gasteiger partial charge on any atom is -0.393 e. The maximum absolute atomic E-state index is 9.91. The lowest BCUT2D eigenvalue weighted by atomic mass is 9.83. The Bertz CT molecular complexity index is 172. The van der Waals surface area contributed by atoms with Gasteiger partial charge in [0.05, 0.1) is 6.10 Å². The van der Waals surface area contributed by atoms with Crippen molar-refractivity contribution in [3.63, 3.8) is 0 Å². The number of aliphatic hydroxyl groups excluding tert-OH is 1. The van der Waals surface area contributed by atoms with Crippen molar-refractivity contribution < 1.29 is 5.11 Å². The number of nitrogens with zero attached hydrogens (tertiary/aromatic N) is 1. The van der Waals surface area contributed by atoms with E-state index in [1.165, 1.54) is 6.42 Å². The molecule has 0 radical (unpaired) electrons. The van der Waals surface area contributed by atoms with Crippen LogP contribution in [0, 0.1) is 11.3 Å². The van der Waals surface area contributed by atoms with E-state index in [1.54, 1.807) is 0 Å². The Hall–Kier alpha value is -0.0800. The zero-order chi connectivity index (χ0) is 12.8. The average molecular weight is 229 g/mol. The average Bonchev–Trinajstić information content (AvgIpc) is 1.98. The van der Waals surface area contributed by atoms with Crippen LogP contribution >= 0.6 is 0 Å². The highest BCUT2D eigenvalue weighted by Gasteiger charge is 2.17. The maximum atomic E-state index is 9.91. The Morgan fingerprint density at radius 3 is 2.19 bits per heavy atom. The fourth-order valence-electron chi connectivity index (χ4n) is 2.35. The summed E-state index contributed by atoms with van der Waals surface area (Å²) in [6, 6.07) is 0. The summed E-state index contributed by atoms with van der Waals surface area (Å²) in [5.41, 5.74) is 0.378. The zero-order valence-corrected chi connectivity index (χ0v) is 12.1. The van der Waals surface area contributed by atoms with Crippen molar-refractivity contribution in [2.24, 2.45) is 11.3 Å². The second kappa shape index (κ2) is 7.29. The molecule has 0 aromatic heterocycles. The smallest absolute Gasteiger partial charge is 0.0543 e. The predicted octanol–water partition coefficient (Wildman–Crippen LogP) is 3.15. The molecule has 0 bridgehead atoms. The maximum Gasteiger partial charge on any atom is 0.0543 e. The van der Waals surface area contributed by atoms with Crippen molar-refractivity contribution in [3.8, 4) is 0 Å². The molecule has 0 aromatic rings. The van der Waals surface area contributed by atoms with Gasteiger partial charge in [-0.2, -0.15) is 0 Å². The second-order valence-electron chi connectivity index (χ2n) is 6.70.